The maximum atomic E-state index is 13.5. The predicted octanol–water partition coefficient (Wildman–Crippen LogP) is 4.46. The molecule has 1 fully saturated rings. The van der Waals surface area contributed by atoms with Gasteiger partial charge in [0.2, 0.25) is 5.28 Å². The molecular formula is C27H29F3N6O8S. The van der Waals surface area contributed by atoms with E-state index in [0.717, 1.165) is 33.5 Å². The van der Waals surface area contributed by atoms with E-state index in [1.807, 2.05) is 11.6 Å². The molecule has 0 bridgehead atoms. The number of sulfonamides is 1. The lowest BCUT2D eigenvalue weighted by Gasteiger charge is -2.19. The minimum absolute atomic E-state index is 0.0482. The van der Waals surface area contributed by atoms with Crippen LogP contribution >= 0.6 is 0 Å². The Labute approximate surface area is 255 Å². The van der Waals surface area contributed by atoms with Gasteiger partial charge in [-0.3, -0.25) is 4.79 Å². The Balaban J connectivity index is 1.46. The summed E-state index contributed by atoms with van der Waals surface area (Å²) >= 11 is 0. The first-order valence-corrected chi connectivity index (χ1v) is 15.0. The van der Waals surface area contributed by atoms with Gasteiger partial charge in [0, 0.05) is 5.56 Å². The number of hydrogen-bond donors (Lipinski definition) is 1. The topological polar surface area (TPSA) is 167 Å². The Kier molecular flexibility index (Phi) is 9.84. The number of carbonyl (C=O) groups is 2. The third kappa shape index (κ3) is 8.20. The van der Waals surface area contributed by atoms with E-state index in [1.165, 1.54) is 12.1 Å². The van der Waals surface area contributed by atoms with Crippen molar-refractivity contribution >= 4 is 22.1 Å². The number of aryl methyl sites for hydroxylation is 1. The van der Waals surface area contributed by atoms with Gasteiger partial charge in [-0.15, -0.1) is 5.01 Å². The van der Waals surface area contributed by atoms with Gasteiger partial charge < -0.3 is 19.5 Å². The lowest BCUT2D eigenvalue weighted by atomic mass is 10.1. The molecule has 2 heterocycles. The van der Waals surface area contributed by atoms with Crippen LogP contribution in [0.5, 0.6) is 0 Å². The molecule has 0 spiro atoms. The number of nitrogens with one attached hydrogen (secondary N) is 1. The number of hydrogen-bond acceptors (Lipinski definition) is 10. The Morgan fingerprint density at radius 2 is 1.82 bits per heavy atom. The van der Waals surface area contributed by atoms with Gasteiger partial charge in [0.15, 0.2) is 11.7 Å². The average molecular weight is 655 g/mol. The molecule has 1 aromatic heterocycles. The molecule has 1 aliphatic heterocycles. The zero-order valence-electron chi connectivity index (χ0n) is 24.2. The van der Waals surface area contributed by atoms with Crippen LogP contribution in [0.4, 0.5) is 18.0 Å². The van der Waals surface area contributed by atoms with Crippen LogP contribution in [-0.4, -0.2) is 65.7 Å². The van der Waals surface area contributed by atoms with Crippen molar-refractivity contribution in [1.29, 1.82) is 0 Å². The van der Waals surface area contributed by atoms with Crippen molar-refractivity contribution in [3.8, 4) is 16.9 Å². The minimum atomic E-state index is -4.72. The van der Waals surface area contributed by atoms with E-state index in [4.69, 9.17) is 4.74 Å². The normalized spacial score (nSPS) is 15.7. The molecule has 0 aliphatic carbocycles. The molecule has 1 aliphatic rings. The first-order valence-electron chi connectivity index (χ1n) is 13.5. The van der Waals surface area contributed by atoms with Crippen molar-refractivity contribution in [2.45, 2.75) is 56.8 Å². The number of rotatable bonds is 10. The molecule has 1 saturated heterocycles. The number of benzene rings is 2. The first kappa shape index (κ1) is 33.0. The molecule has 14 nitrogen and oxygen atoms in total. The Bertz CT molecular complexity index is 1660. The molecule has 2 aromatic carbocycles. The third-order valence-corrected chi connectivity index (χ3v) is 7.77. The summed E-state index contributed by atoms with van der Waals surface area (Å²) < 4.78 is 78.8. The van der Waals surface area contributed by atoms with Crippen molar-refractivity contribution < 1.29 is 50.5 Å². The molecule has 1 atom stereocenters. The smallest absolute Gasteiger partial charge is 0.511 e. The number of amides is 1. The molecule has 45 heavy (non-hydrogen) atoms. The third-order valence-electron chi connectivity index (χ3n) is 6.41. The summed E-state index contributed by atoms with van der Waals surface area (Å²) in [5.41, 5.74) is 0.497. The highest BCUT2D eigenvalue weighted by molar-refractivity contribution is 7.90. The molecule has 1 N–H and O–H groups in total. The maximum Gasteiger partial charge on any atom is 0.511 e. The summed E-state index contributed by atoms with van der Waals surface area (Å²) in [7, 11) is -4.46. The quantitative estimate of drug-likeness (QED) is 0.0823. The second-order valence-corrected chi connectivity index (χ2v) is 11.8. The average Bonchev–Trinajstić information content (AvgIpc) is 3.64. The van der Waals surface area contributed by atoms with Gasteiger partial charge in [-0.05, 0) is 63.9 Å². The van der Waals surface area contributed by atoms with Crippen LogP contribution in [0.15, 0.2) is 64.8 Å². The fourth-order valence-electron chi connectivity index (χ4n) is 4.32. The lowest BCUT2D eigenvalue weighted by molar-refractivity contribution is -0.712. The largest absolute Gasteiger partial charge is 0.569 e. The molecule has 0 radical (unpaired) electrons. The molecule has 4 rings (SSSR count). The summed E-state index contributed by atoms with van der Waals surface area (Å²) in [6, 6.07) is 11.1. The summed E-state index contributed by atoms with van der Waals surface area (Å²) in [4.78, 5) is 28.4. The highest BCUT2D eigenvalue weighted by Crippen LogP contribution is 2.33. The molecular weight excluding hydrogens is 625 g/mol. The fraction of sp³-hybridized carbons (Fsp3) is 0.370. The van der Waals surface area contributed by atoms with Gasteiger partial charge in [0.1, 0.15) is 0 Å². The number of aromatic nitrogens is 2. The van der Waals surface area contributed by atoms with E-state index in [0.29, 0.717) is 12.0 Å². The lowest BCUT2D eigenvalue weighted by Crippen LogP contribution is -2.47. The molecule has 3 aromatic rings. The standard InChI is InChI=1S/C27H29F3N6O8S/c1-17(2)44-26(38)42-16-43-33-36(39)34-14-4-5-22(34)25(37)32-45(40,41)21-12-10-20(11-13-21)35-23(15-24(31-35)27(28,29)30)19-8-6-18(3)7-9-19/h6-13,15,17,22H,4-5,14,16H2,1-3H3,(H,32,37)/t22-/m0/s1. The molecule has 18 heteroatoms. The number of hydrazine groups is 1. The Morgan fingerprint density at radius 1 is 1.16 bits per heavy atom. The van der Waals surface area contributed by atoms with E-state index in [9.17, 15) is 36.4 Å². The zero-order chi connectivity index (χ0) is 32.9. The first-order chi connectivity index (χ1) is 21.2. The highest BCUT2D eigenvalue weighted by atomic mass is 32.2. The fourth-order valence-corrected chi connectivity index (χ4v) is 5.33. The van der Waals surface area contributed by atoms with Crippen LogP contribution in [0, 0.1) is 12.1 Å². The second-order valence-electron chi connectivity index (χ2n) is 10.1. The van der Waals surface area contributed by atoms with Crippen molar-refractivity contribution in [3.63, 3.8) is 0 Å². The van der Waals surface area contributed by atoms with E-state index in [1.54, 1.807) is 38.1 Å². The number of alkyl halides is 3. The highest BCUT2D eigenvalue weighted by Gasteiger charge is 2.39. The van der Waals surface area contributed by atoms with Gasteiger partial charge in [-0.2, -0.15) is 18.3 Å². The van der Waals surface area contributed by atoms with Crippen molar-refractivity contribution in [2.24, 2.45) is 5.28 Å². The van der Waals surface area contributed by atoms with Gasteiger partial charge in [-0.25, -0.2) is 22.6 Å². The second kappa shape index (κ2) is 13.4. The van der Waals surface area contributed by atoms with Crippen LogP contribution in [0.3, 0.4) is 0 Å². The van der Waals surface area contributed by atoms with Gasteiger partial charge in [0.05, 0.1) is 33.9 Å². The predicted molar refractivity (Wildman–Crippen MR) is 149 cm³/mol. The van der Waals surface area contributed by atoms with E-state index in [2.05, 4.69) is 20.0 Å². The van der Waals surface area contributed by atoms with Crippen LogP contribution in [0.1, 0.15) is 37.9 Å². The Morgan fingerprint density at radius 3 is 2.44 bits per heavy atom. The number of halogens is 3. The monoisotopic (exact) mass is 654 g/mol. The summed E-state index contributed by atoms with van der Waals surface area (Å²) in [5.74, 6) is -1.02. The van der Waals surface area contributed by atoms with E-state index in [-0.39, 0.29) is 34.2 Å². The minimum Gasteiger partial charge on any atom is -0.569 e. The summed E-state index contributed by atoms with van der Waals surface area (Å²) in [6.45, 7) is 4.32. The summed E-state index contributed by atoms with van der Waals surface area (Å²) in [6.07, 6.45) is -5.74. The van der Waals surface area contributed by atoms with Crippen molar-refractivity contribution in [2.75, 3.05) is 13.3 Å². The van der Waals surface area contributed by atoms with E-state index < -0.39 is 52.9 Å². The molecule has 0 saturated carbocycles. The van der Waals surface area contributed by atoms with Crippen LogP contribution < -0.4 is 4.72 Å². The number of ether oxygens (including phenoxy) is 2. The number of nitrogens with zero attached hydrogens (tertiary/aromatic N) is 5. The SMILES string of the molecule is Cc1ccc(-c2cc(C(F)(F)F)nn2-c2ccc(S(=O)(=O)NC(=O)[C@@H]3CCCN3[N+]([O-])=NOCOC(=O)OC(C)C)cc2)cc1. The maximum absolute atomic E-state index is 13.5. The van der Waals surface area contributed by atoms with Crippen molar-refractivity contribution in [1.82, 2.24) is 19.5 Å². The van der Waals surface area contributed by atoms with Gasteiger partial charge in [0.25, 0.3) is 22.7 Å². The molecule has 242 valence electrons. The molecule has 0 unspecified atom stereocenters. The summed E-state index contributed by atoms with van der Waals surface area (Å²) in [5, 5.41) is 20.2. The van der Waals surface area contributed by atoms with Crippen LogP contribution in [-0.2, 0) is 35.3 Å². The van der Waals surface area contributed by atoms with Gasteiger partial charge >= 0.3 is 12.3 Å². The molecule has 1 amide bonds. The van der Waals surface area contributed by atoms with Gasteiger partial charge in [-0.1, -0.05) is 29.8 Å². The van der Waals surface area contributed by atoms with Crippen LogP contribution in [0.2, 0.25) is 0 Å². The van der Waals surface area contributed by atoms with E-state index >= 15 is 0 Å². The Hall–Kier alpha value is -4.87. The van der Waals surface area contributed by atoms with Crippen molar-refractivity contribution in [3.05, 3.63) is 71.1 Å². The zero-order valence-corrected chi connectivity index (χ0v) is 25.0. The van der Waals surface area contributed by atoms with Crippen LogP contribution in [0.25, 0.3) is 16.9 Å². The number of carbonyl (C=O) groups excluding carboxylic acids is 2.